The van der Waals surface area contributed by atoms with Gasteiger partial charge in [0, 0.05) is 17.4 Å². The average molecular weight is 257 g/mol. The van der Waals surface area contributed by atoms with Gasteiger partial charge in [0.25, 0.3) is 0 Å². The molecule has 1 aromatic carbocycles. The van der Waals surface area contributed by atoms with Crippen LogP contribution in [0.2, 0.25) is 0 Å². The monoisotopic (exact) mass is 257 g/mol. The number of para-hydroxylation sites is 1. The highest BCUT2D eigenvalue weighted by Gasteiger charge is 2.28. The number of hydrogen-bond acceptors (Lipinski definition) is 4. The van der Waals surface area contributed by atoms with Crippen molar-refractivity contribution in [1.29, 1.82) is 0 Å². The van der Waals surface area contributed by atoms with E-state index in [1.807, 2.05) is 30.5 Å². The lowest BCUT2D eigenvalue weighted by molar-refractivity contribution is 0.312. The van der Waals surface area contributed by atoms with Crippen molar-refractivity contribution in [2.24, 2.45) is 0 Å². The summed E-state index contributed by atoms with van der Waals surface area (Å²) in [7, 11) is 2.07. The van der Waals surface area contributed by atoms with Crippen LogP contribution in [-0.2, 0) is 0 Å². The second kappa shape index (κ2) is 4.63. The molecule has 1 unspecified atom stereocenters. The maximum Gasteiger partial charge on any atom is 0.139 e. The van der Waals surface area contributed by atoms with E-state index in [0.29, 0.717) is 0 Å². The van der Waals surface area contributed by atoms with Gasteiger partial charge in [-0.05, 0) is 25.2 Å². The van der Waals surface area contributed by atoms with Crippen molar-refractivity contribution in [3.05, 3.63) is 54.2 Å². The number of pyridine rings is 1. The zero-order valence-corrected chi connectivity index (χ0v) is 11.1. The minimum Gasteiger partial charge on any atom is -0.313 e. The molecular weight excluding hydrogens is 242 g/mol. The standard InChI is InChI=1S/C14H15N3S/c1-16-10-17(11-6-3-2-4-7-11)13-12(14(16)18)8-5-9-15-13/h2-9,14,18H,10H2,1H3. The first-order valence-corrected chi connectivity index (χ1v) is 6.45. The third-order valence-corrected chi connectivity index (χ3v) is 3.87. The molecule has 0 N–H and O–H groups in total. The van der Waals surface area contributed by atoms with E-state index in [1.54, 1.807) is 0 Å². The van der Waals surface area contributed by atoms with Crippen LogP contribution in [0.5, 0.6) is 0 Å². The Labute approximate surface area is 112 Å². The van der Waals surface area contributed by atoms with Crippen LogP contribution < -0.4 is 4.90 Å². The lowest BCUT2D eigenvalue weighted by Gasteiger charge is -2.39. The fourth-order valence-electron chi connectivity index (χ4n) is 2.25. The van der Waals surface area contributed by atoms with Crippen LogP contribution in [-0.4, -0.2) is 23.6 Å². The summed E-state index contributed by atoms with van der Waals surface area (Å²) in [5, 5.41) is 0.105. The first kappa shape index (κ1) is 11.6. The molecule has 3 nitrogen and oxygen atoms in total. The number of anilines is 2. The SMILES string of the molecule is CN1CN(c2ccccc2)c2ncccc2C1S. The Balaban J connectivity index is 2.10. The van der Waals surface area contributed by atoms with Gasteiger partial charge in [0.05, 0.1) is 12.0 Å². The molecule has 2 heterocycles. The molecule has 18 heavy (non-hydrogen) atoms. The lowest BCUT2D eigenvalue weighted by atomic mass is 10.1. The Bertz CT molecular complexity index is 544. The highest BCUT2D eigenvalue weighted by molar-refractivity contribution is 7.80. The van der Waals surface area contributed by atoms with Crippen LogP contribution in [0, 0.1) is 0 Å². The Kier molecular flexibility index (Phi) is 2.97. The smallest absolute Gasteiger partial charge is 0.139 e. The van der Waals surface area contributed by atoms with Crippen molar-refractivity contribution in [2.75, 3.05) is 18.6 Å². The van der Waals surface area contributed by atoms with E-state index in [1.165, 1.54) is 0 Å². The van der Waals surface area contributed by atoms with Crippen molar-refractivity contribution in [1.82, 2.24) is 9.88 Å². The number of fused-ring (bicyclic) bond motifs is 1. The zero-order valence-electron chi connectivity index (χ0n) is 10.2. The van der Waals surface area contributed by atoms with Gasteiger partial charge in [-0.25, -0.2) is 4.98 Å². The number of aromatic nitrogens is 1. The van der Waals surface area contributed by atoms with Crippen molar-refractivity contribution >= 4 is 24.1 Å². The predicted octanol–water partition coefficient (Wildman–Crippen LogP) is 3.05. The molecule has 0 spiro atoms. The molecule has 0 aliphatic carbocycles. The van der Waals surface area contributed by atoms with Gasteiger partial charge in [0.15, 0.2) is 0 Å². The molecule has 0 fully saturated rings. The molecule has 0 amide bonds. The van der Waals surface area contributed by atoms with Crippen molar-refractivity contribution in [2.45, 2.75) is 5.37 Å². The van der Waals surface area contributed by atoms with Gasteiger partial charge >= 0.3 is 0 Å². The van der Waals surface area contributed by atoms with Gasteiger partial charge in [-0.15, -0.1) is 0 Å². The average Bonchev–Trinajstić information content (AvgIpc) is 2.44. The first-order chi connectivity index (χ1) is 8.77. The van der Waals surface area contributed by atoms with E-state index in [4.69, 9.17) is 0 Å². The summed E-state index contributed by atoms with van der Waals surface area (Å²) in [4.78, 5) is 8.92. The zero-order chi connectivity index (χ0) is 12.5. The van der Waals surface area contributed by atoms with Gasteiger partial charge in [-0.1, -0.05) is 24.3 Å². The predicted molar refractivity (Wildman–Crippen MR) is 77.2 cm³/mol. The van der Waals surface area contributed by atoms with E-state index in [9.17, 15) is 0 Å². The van der Waals surface area contributed by atoms with Crippen molar-refractivity contribution in [3.8, 4) is 0 Å². The summed E-state index contributed by atoms with van der Waals surface area (Å²) in [5.74, 6) is 1.00. The molecule has 0 saturated heterocycles. The quantitative estimate of drug-likeness (QED) is 0.793. The normalized spacial score (nSPS) is 19.7. The molecule has 0 saturated carbocycles. The third kappa shape index (κ3) is 1.87. The van der Waals surface area contributed by atoms with Gasteiger partial charge in [0.1, 0.15) is 5.82 Å². The fraction of sp³-hybridized carbons (Fsp3) is 0.214. The molecule has 4 heteroatoms. The minimum absolute atomic E-state index is 0.105. The second-order valence-corrected chi connectivity index (χ2v) is 4.94. The Morgan fingerprint density at radius 2 is 1.94 bits per heavy atom. The van der Waals surface area contributed by atoms with E-state index in [2.05, 4.69) is 52.7 Å². The van der Waals surface area contributed by atoms with Crippen molar-refractivity contribution in [3.63, 3.8) is 0 Å². The number of nitrogens with zero attached hydrogens (tertiary/aromatic N) is 3. The van der Waals surface area contributed by atoms with E-state index >= 15 is 0 Å². The van der Waals surface area contributed by atoms with E-state index in [-0.39, 0.29) is 5.37 Å². The topological polar surface area (TPSA) is 19.4 Å². The number of hydrogen-bond donors (Lipinski definition) is 1. The van der Waals surface area contributed by atoms with E-state index in [0.717, 1.165) is 23.7 Å². The summed E-state index contributed by atoms with van der Waals surface area (Å²) < 4.78 is 0. The molecule has 1 aliphatic heterocycles. The van der Waals surface area contributed by atoms with Gasteiger partial charge in [-0.2, -0.15) is 12.6 Å². The molecule has 1 aromatic heterocycles. The Morgan fingerprint density at radius 3 is 2.72 bits per heavy atom. The summed E-state index contributed by atoms with van der Waals surface area (Å²) in [6, 6.07) is 14.4. The van der Waals surface area contributed by atoms with Crippen molar-refractivity contribution < 1.29 is 0 Å². The van der Waals surface area contributed by atoms with Gasteiger partial charge in [0.2, 0.25) is 0 Å². The van der Waals surface area contributed by atoms with Crippen LogP contribution in [0.3, 0.4) is 0 Å². The molecular formula is C14H15N3S. The number of benzene rings is 1. The number of rotatable bonds is 1. The largest absolute Gasteiger partial charge is 0.313 e. The maximum atomic E-state index is 4.65. The maximum absolute atomic E-state index is 4.65. The van der Waals surface area contributed by atoms with Crippen LogP contribution in [0.4, 0.5) is 11.5 Å². The molecule has 0 bridgehead atoms. The van der Waals surface area contributed by atoms with E-state index < -0.39 is 0 Å². The van der Waals surface area contributed by atoms with Crippen LogP contribution in [0.15, 0.2) is 48.7 Å². The van der Waals surface area contributed by atoms with Gasteiger partial charge in [-0.3, -0.25) is 4.90 Å². The Hall–Kier alpha value is -1.52. The molecule has 1 atom stereocenters. The summed E-state index contributed by atoms with van der Waals surface area (Å²) in [5.41, 5.74) is 2.31. The molecule has 3 rings (SSSR count). The summed E-state index contributed by atoms with van der Waals surface area (Å²) in [6.07, 6.45) is 1.83. The number of thiol groups is 1. The van der Waals surface area contributed by atoms with Crippen LogP contribution in [0.1, 0.15) is 10.9 Å². The fourth-order valence-corrected chi connectivity index (χ4v) is 2.53. The molecule has 1 aliphatic rings. The van der Waals surface area contributed by atoms with Crippen LogP contribution >= 0.6 is 12.6 Å². The Morgan fingerprint density at radius 1 is 1.17 bits per heavy atom. The lowest BCUT2D eigenvalue weighted by Crippen LogP contribution is -2.39. The van der Waals surface area contributed by atoms with Crippen LogP contribution in [0.25, 0.3) is 0 Å². The third-order valence-electron chi connectivity index (χ3n) is 3.20. The molecule has 2 aromatic rings. The highest BCUT2D eigenvalue weighted by atomic mass is 32.1. The first-order valence-electron chi connectivity index (χ1n) is 5.93. The highest BCUT2D eigenvalue weighted by Crippen LogP contribution is 2.38. The summed E-state index contributed by atoms with van der Waals surface area (Å²) in [6.45, 7) is 0.794. The minimum atomic E-state index is 0.105. The van der Waals surface area contributed by atoms with Gasteiger partial charge < -0.3 is 4.90 Å². The summed E-state index contributed by atoms with van der Waals surface area (Å²) >= 11 is 4.65. The molecule has 92 valence electrons. The second-order valence-electron chi connectivity index (χ2n) is 4.45. The molecule has 0 radical (unpaired) electrons.